The van der Waals surface area contributed by atoms with Gasteiger partial charge in [0.25, 0.3) is 0 Å². The second-order valence-corrected chi connectivity index (χ2v) is 6.78. The highest BCUT2D eigenvalue weighted by molar-refractivity contribution is 7.92. The molecule has 116 valence electrons. The third-order valence-corrected chi connectivity index (χ3v) is 4.42. The maximum atomic E-state index is 12.3. The predicted molar refractivity (Wildman–Crippen MR) is 78.6 cm³/mol. The van der Waals surface area contributed by atoms with Gasteiger partial charge >= 0.3 is 0 Å². The van der Waals surface area contributed by atoms with Crippen LogP contribution >= 0.6 is 0 Å². The Morgan fingerprint density at radius 2 is 2.10 bits per heavy atom. The second-order valence-electron chi connectivity index (χ2n) is 4.87. The Morgan fingerprint density at radius 3 is 2.67 bits per heavy atom. The molecule has 0 aliphatic carbocycles. The molecular weight excluding hydrogens is 294 g/mol. The molecule has 2 heterocycles. The number of ether oxygens (including phenoxy) is 1. The molecule has 0 radical (unpaired) electrons. The van der Waals surface area contributed by atoms with Gasteiger partial charge in [0.2, 0.25) is 15.9 Å². The number of nitrogens with zero attached hydrogens (tertiary/aromatic N) is 3. The average Bonchev–Trinajstić information content (AvgIpc) is 2.45. The lowest BCUT2D eigenvalue weighted by molar-refractivity contribution is -0.133. The number of pyridine rings is 1. The summed E-state index contributed by atoms with van der Waals surface area (Å²) in [6.07, 6.45) is 2.68. The fraction of sp³-hybridized carbons (Fsp3) is 0.538. The smallest absolute Gasteiger partial charge is 0.243 e. The molecule has 1 aliphatic rings. The molecule has 0 aromatic carbocycles. The quantitative estimate of drug-likeness (QED) is 0.782. The van der Waals surface area contributed by atoms with E-state index in [4.69, 9.17) is 4.74 Å². The summed E-state index contributed by atoms with van der Waals surface area (Å²) < 4.78 is 30.3. The normalized spacial score (nSPS) is 15.8. The third-order valence-electron chi connectivity index (χ3n) is 3.29. The molecule has 0 spiro atoms. The van der Waals surface area contributed by atoms with Crippen molar-refractivity contribution in [1.29, 1.82) is 0 Å². The fourth-order valence-corrected chi connectivity index (χ4v) is 3.05. The first-order chi connectivity index (χ1) is 9.89. The van der Waals surface area contributed by atoms with Crippen molar-refractivity contribution in [3.8, 4) is 0 Å². The minimum Gasteiger partial charge on any atom is -0.378 e. The molecule has 21 heavy (non-hydrogen) atoms. The van der Waals surface area contributed by atoms with Crippen LogP contribution in [0, 0.1) is 6.92 Å². The van der Waals surface area contributed by atoms with Gasteiger partial charge in [-0.05, 0) is 19.1 Å². The maximum Gasteiger partial charge on any atom is 0.243 e. The molecule has 0 bridgehead atoms. The second kappa shape index (κ2) is 6.40. The maximum absolute atomic E-state index is 12.3. The van der Waals surface area contributed by atoms with Crippen LogP contribution < -0.4 is 4.31 Å². The number of sulfonamides is 1. The van der Waals surface area contributed by atoms with E-state index in [0.717, 1.165) is 10.6 Å². The predicted octanol–water partition coefficient (Wildman–Crippen LogP) is 0.0148. The van der Waals surface area contributed by atoms with Gasteiger partial charge < -0.3 is 9.64 Å². The van der Waals surface area contributed by atoms with Gasteiger partial charge in [0, 0.05) is 19.3 Å². The van der Waals surface area contributed by atoms with E-state index in [2.05, 4.69) is 4.98 Å². The molecule has 0 unspecified atom stereocenters. The molecular formula is C13H19N3O4S. The summed E-state index contributed by atoms with van der Waals surface area (Å²) in [5.41, 5.74) is 0.999. The highest BCUT2D eigenvalue weighted by Gasteiger charge is 2.26. The minimum absolute atomic E-state index is 0.217. The number of hydrogen-bond donors (Lipinski definition) is 0. The number of carbonyl (C=O) groups is 1. The summed E-state index contributed by atoms with van der Waals surface area (Å²) in [6, 6.07) is 3.30. The molecule has 1 aromatic rings. The SMILES string of the molecule is Cc1ncccc1N(CC(=O)N1CCOCC1)S(C)(=O)=O. The Hall–Kier alpha value is -1.67. The molecule has 1 aromatic heterocycles. The highest BCUT2D eigenvalue weighted by Crippen LogP contribution is 2.20. The number of anilines is 1. The number of carbonyl (C=O) groups excluding carboxylic acids is 1. The van der Waals surface area contributed by atoms with Gasteiger partial charge in [-0.25, -0.2) is 8.42 Å². The van der Waals surface area contributed by atoms with E-state index in [1.165, 1.54) is 0 Å². The van der Waals surface area contributed by atoms with Crippen molar-refractivity contribution >= 4 is 21.6 Å². The molecule has 0 saturated carbocycles. The van der Waals surface area contributed by atoms with Gasteiger partial charge in [-0.2, -0.15) is 0 Å². The Balaban J connectivity index is 2.22. The molecule has 1 fully saturated rings. The molecule has 1 saturated heterocycles. The topological polar surface area (TPSA) is 79.8 Å². The lowest BCUT2D eigenvalue weighted by Crippen LogP contribution is -2.47. The van der Waals surface area contributed by atoms with Crippen molar-refractivity contribution in [2.45, 2.75) is 6.92 Å². The van der Waals surface area contributed by atoms with Crippen LogP contribution in [0.4, 0.5) is 5.69 Å². The molecule has 2 rings (SSSR count). The number of rotatable bonds is 4. The van der Waals surface area contributed by atoms with Crippen molar-refractivity contribution in [1.82, 2.24) is 9.88 Å². The molecule has 0 atom stereocenters. The van der Waals surface area contributed by atoms with E-state index in [9.17, 15) is 13.2 Å². The number of amides is 1. The summed E-state index contributed by atoms with van der Waals surface area (Å²) in [5, 5.41) is 0. The van der Waals surface area contributed by atoms with Crippen LogP contribution in [0.1, 0.15) is 5.69 Å². The third kappa shape index (κ3) is 3.92. The standard InChI is InChI=1S/C13H19N3O4S/c1-11-12(4-3-5-14-11)16(21(2,18)19)10-13(17)15-6-8-20-9-7-15/h3-5H,6-10H2,1-2H3. The van der Waals surface area contributed by atoms with Crippen LogP contribution in [0.25, 0.3) is 0 Å². The van der Waals surface area contributed by atoms with Gasteiger partial charge in [-0.3, -0.25) is 14.1 Å². The molecule has 0 N–H and O–H groups in total. The van der Waals surface area contributed by atoms with E-state index in [0.29, 0.717) is 37.7 Å². The summed E-state index contributed by atoms with van der Waals surface area (Å²) in [7, 11) is -3.56. The summed E-state index contributed by atoms with van der Waals surface area (Å²) in [6.45, 7) is 3.44. The molecule has 8 heteroatoms. The van der Waals surface area contributed by atoms with E-state index in [1.807, 2.05) is 0 Å². The summed E-state index contributed by atoms with van der Waals surface area (Å²) in [4.78, 5) is 18.0. The first-order valence-electron chi connectivity index (χ1n) is 6.64. The first kappa shape index (κ1) is 15.7. The fourth-order valence-electron chi connectivity index (χ4n) is 2.16. The number of morpholine rings is 1. The van der Waals surface area contributed by atoms with E-state index < -0.39 is 10.0 Å². The average molecular weight is 313 g/mol. The molecule has 1 aliphatic heterocycles. The van der Waals surface area contributed by atoms with Crippen molar-refractivity contribution in [2.75, 3.05) is 43.4 Å². The minimum atomic E-state index is -3.56. The van der Waals surface area contributed by atoms with Gasteiger partial charge in [0.1, 0.15) is 6.54 Å². The van der Waals surface area contributed by atoms with E-state index >= 15 is 0 Å². The van der Waals surface area contributed by atoms with Crippen LogP contribution in [0.5, 0.6) is 0 Å². The first-order valence-corrected chi connectivity index (χ1v) is 8.49. The summed E-state index contributed by atoms with van der Waals surface area (Å²) in [5.74, 6) is -0.230. The lowest BCUT2D eigenvalue weighted by Gasteiger charge is -2.30. The Kier molecular flexibility index (Phi) is 4.79. The zero-order valence-electron chi connectivity index (χ0n) is 12.2. The van der Waals surface area contributed by atoms with Crippen LogP contribution in [-0.4, -0.2) is 63.3 Å². The Bertz CT molecular complexity index is 612. The van der Waals surface area contributed by atoms with Crippen LogP contribution in [0.15, 0.2) is 18.3 Å². The largest absolute Gasteiger partial charge is 0.378 e. The van der Waals surface area contributed by atoms with Gasteiger partial charge in [0.05, 0.1) is 30.9 Å². The van der Waals surface area contributed by atoms with Crippen molar-refractivity contribution < 1.29 is 17.9 Å². The van der Waals surface area contributed by atoms with Crippen molar-refractivity contribution in [3.63, 3.8) is 0 Å². The number of aryl methyl sites for hydroxylation is 1. The van der Waals surface area contributed by atoms with Crippen LogP contribution in [0.3, 0.4) is 0 Å². The Morgan fingerprint density at radius 1 is 1.43 bits per heavy atom. The zero-order chi connectivity index (χ0) is 15.5. The summed E-state index contributed by atoms with van der Waals surface area (Å²) >= 11 is 0. The van der Waals surface area contributed by atoms with Crippen LogP contribution in [-0.2, 0) is 19.6 Å². The van der Waals surface area contributed by atoms with Crippen LogP contribution in [0.2, 0.25) is 0 Å². The molecule has 1 amide bonds. The lowest BCUT2D eigenvalue weighted by atomic mass is 10.3. The number of aromatic nitrogens is 1. The van der Waals surface area contributed by atoms with Gasteiger partial charge in [-0.15, -0.1) is 0 Å². The monoisotopic (exact) mass is 313 g/mol. The number of hydrogen-bond acceptors (Lipinski definition) is 5. The highest BCUT2D eigenvalue weighted by atomic mass is 32.2. The zero-order valence-corrected chi connectivity index (χ0v) is 13.0. The van der Waals surface area contributed by atoms with Crippen molar-refractivity contribution in [3.05, 3.63) is 24.0 Å². The Labute approximate surface area is 124 Å². The van der Waals surface area contributed by atoms with E-state index in [1.54, 1.807) is 30.2 Å². The molecule has 7 nitrogen and oxygen atoms in total. The van der Waals surface area contributed by atoms with Gasteiger partial charge in [0.15, 0.2) is 0 Å². The van der Waals surface area contributed by atoms with E-state index in [-0.39, 0.29) is 12.5 Å². The van der Waals surface area contributed by atoms with Gasteiger partial charge in [-0.1, -0.05) is 0 Å². The van der Waals surface area contributed by atoms with Crippen molar-refractivity contribution in [2.24, 2.45) is 0 Å².